The molecule has 5 atom stereocenters. The first-order chi connectivity index (χ1) is 8.16. The Labute approximate surface area is 131 Å². The maximum Gasteiger partial charge on any atom is 0.0753 e. The second-order valence-corrected chi connectivity index (χ2v) is 10.5. The van der Waals surface area contributed by atoms with Crippen LogP contribution in [-0.2, 0) is 0 Å². The van der Waals surface area contributed by atoms with Crippen LogP contribution in [0.5, 0.6) is 0 Å². The Morgan fingerprint density at radius 2 is 1.82 bits per heavy atom. The second-order valence-electron chi connectivity index (χ2n) is 5.75. The van der Waals surface area contributed by atoms with Gasteiger partial charge in [0.1, 0.15) is 0 Å². The molecule has 0 amide bonds. The average Bonchev–Trinajstić information content (AvgIpc) is 2.59. The molecule has 92 valence electrons. The van der Waals surface area contributed by atoms with Crippen LogP contribution in [0, 0.1) is 29.6 Å². The fourth-order valence-corrected chi connectivity index (χ4v) is 8.99. The minimum atomic E-state index is 0.567. The third-order valence-electron chi connectivity index (χ3n) is 5.11. The summed E-state index contributed by atoms with van der Waals surface area (Å²) in [5.41, 5.74) is 1.46. The molecular formula is C13H13Br3S. The zero-order chi connectivity index (χ0) is 11.7. The molecule has 3 aliphatic carbocycles. The molecule has 1 heterocycles. The van der Waals surface area contributed by atoms with E-state index >= 15 is 0 Å². The summed E-state index contributed by atoms with van der Waals surface area (Å²) in [6.07, 6.45) is 4.56. The molecule has 1 aromatic heterocycles. The topological polar surface area (TPSA) is 0 Å². The number of thiophene rings is 1. The van der Waals surface area contributed by atoms with Gasteiger partial charge in [-0.2, -0.15) is 0 Å². The number of hydrogen-bond acceptors (Lipinski definition) is 1. The zero-order valence-electron chi connectivity index (χ0n) is 9.20. The van der Waals surface area contributed by atoms with Crippen molar-refractivity contribution in [3.05, 3.63) is 19.2 Å². The van der Waals surface area contributed by atoms with E-state index in [1.165, 1.54) is 26.0 Å². The maximum atomic E-state index is 3.97. The molecule has 3 saturated carbocycles. The van der Waals surface area contributed by atoms with Crippen LogP contribution in [0.25, 0.3) is 0 Å². The van der Waals surface area contributed by atoms with E-state index in [9.17, 15) is 0 Å². The molecule has 0 saturated heterocycles. The Balaban J connectivity index is 1.59. The van der Waals surface area contributed by atoms with Crippen LogP contribution in [0.15, 0.2) is 13.6 Å². The molecule has 0 spiro atoms. The lowest BCUT2D eigenvalue weighted by Crippen LogP contribution is -2.03. The van der Waals surface area contributed by atoms with Crippen LogP contribution in [-0.4, -0.2) is 0 Å². The number of fused-ring (bicyclic) bond motifs is 5. The van der Waals surface area contributed by atoms with E-state index in [0.717, 1.165) is 29.6 Å². The fraction of sp³-hybridized carbons (Fsp3) is 0.692. The first kappa shape index (κ1) is 11.9. The molecule has 2 bridgehead atoms. The second kappa shape index (κ2) is 4.07. The van der Waals surface area contributed by atoms with Crippen molar-refractivity contribution in [2.75, 3.05) is 0 Å². The van der Waals surface area contributed by atoms with Gasteiger partial charge < -0.3 is 0 Å². The van der Waals surface area contributed by atoms with Gasteiger partial charge in [0.2, 0.25) is 0 Å². The number of hydrogen-bond donors (Lipinski definition) is 0. The molecule has 1 aromatic rings. The highest BCUT2D eigenvalue weighted by Gasteiger charge is 2.66. The summed E-state index contributed by atoms with van der Waals surface area (Å²) in [4.78, 5) is 0.567. The summed E-state index contributed by atoms with van der Waals surface area (Å²) in [6, 6.07) is 2.28. The van der Waals surface area contributed by atoms with Gasteiger partial charge in [0.25, 0.3) is 0 Å². The van der Waals surface area contributed by atoms with E-state index in [1.54, 1.807) is 17.8 Å². The largest absolute Gasteiger partial charge is 0.121 e. The van der Waals surface area contributed by atoms with Gasteiger partial charge in [0.05, 0.1) is 7.57 Å². The molecule has 17 heavy (non-hydrogen) atoms. The molecule has 0 aliphatic heterocycles. The highest BCUT2D eigenvalue weighted by molar-refractivity contribution is 9.12. The lowest BCUT2D eigenvalue weighted by atomic mass is 9.98. The SMILES string of the molecule is Brc1cc(C(Br)C2C3C4CCC(C4)C32)c(Br)s1. The minimum absolute atomic E-state index is 0.567. The van der Waals surface area contributed by atoms with Crippen molar-refractivity contribution in [3.63, 3.8) is 0 Å². The van der Waals surface area contributed by atoms with Crippen LogP contribution < -0.4 is 0 Å². The van der Waals surface area contributed by atoms with Gasteiger partial charge in [0.15, 0.2) is 0 Å². The third kappa shape index (κ3) is 1.70. The quantitative estimate of drug-likeness (QED) is 0.494. The molecule has 5 unspecified atom stereocenters. The average molecular weight is 441 g/mol. The smallest absolute Gasteiger partial charge is 0.0753 e. The van der Waals surface area contributed by atoms with Gasteiger partial charge in [0, 0.05) is 4.83 Å². The van der Waals surface area contributed by atoms with Crippen LogP contribution in [0.3, 0.4) is 0 Å². The van der Waals surface area contributed by atoms with Gasteiger partial charge in [-0.1, -0.05) is 15.9 Å². The Kier molecular flexibility index (Phi) is 2.85. The lowest BCUT2D eigenvalue weighted by Gasteiger charge is -2.14. The van der Waals surface area contributed by atoms with E-state index in [4.69, 9.17) is 0 Å². The first-order valence-corrected chi connectivity index (χ1v) is 9.57. The maximum absolute atomic E-state index is 3.97. The molecule has 0 radical (unpaired) electrons. The number of rotatable bonds is 2. The standard InChI is InChI=1S/C13H13Br3S/c14-8-4-7(13(16)17-8)12(15)11-9-5-1-2-6(3-5)10(9)11/h4-6,9-12H,1-3H2. The van der Waals surface area contributed by atoms with E-state index in [0.29, 0.717) is 4.83 Å². The van der Waals surface area contributed by atoms with Crippen LogP contribution in [0.1, 0.15) is 29.7 Å². The van der Waals surface area contributed by atoms with E-state index < -0.39 is 0 Å². The van der Waals surface area contributed by atoms with E-state index in [-0.39, 0.29) is 0 Å². The van der Waals surface area contributed by atoms with Crippen LogP contribution >= 0.6 is 59.1 Å². The number of halogens is 3. The summed E-state index contributed by atoms with van der Waals surface area (Å²) in [6.45, 7) is 0. The predicted octanol–water partition coefficient (Wildman–Crippen LogP) is 6.00. The summed E-state index contributed by atoms with van der Waals surface area (Å²) < 4.78 is 2.53. The monoisotopic (exact) mass is 438 g/mol. The zero-order valence-corrected chi connectivity index (χ0v) is 14.8. The van der Waals surface area contributed by atoms with Crippen molar-refractivity contribution < 1.29 is 0 Å². The van der Waals surface area contributed by atoms with Crippen molar-refractivity contribution >= 4 is 59.1 Å². The van der Waals surface area contributed by atoms with Crippen molar-refractivity contribution in [3.8, 4) is 0 Å². The third-order valence-corrected chi connectivity index (χ3v) is 8.60. The fourth-order valence-electron chi connectivity index (χ4n) is 4.53. The molecule has 0 nitrogen and oxygen atoms in total. The van der Waals surface area contributed by atoms with Crippen molar-refractivity contribution in [2.45, 2.75) is 24.1 Å². The van der Waals surface area contributed by atoms with Crippen molar-refractivity contribution in [1.82, 2.24) is 0 Å². The Hall–Kier alpha value is 1.14. The van der Waals surface area contributed by atoms with E-state index in [1.807, 2.05) is 0 Å². The highest BCUT2D eigenvalue weighted by Crippen LogP contribution is 2.73. The molecule has 3 fully saturated rings. The normalized spacial score (nSPS) is 43.8. The van der Waals surface area contributed by atoms with Crippen LogP contribution in [0.2, 0.25) is 0 Å². The molecular weight excluding hydrogens is 428 g/mol. The summed E-state index contributed by atoms with van der Waals surface area (Å²) in [5.74, 6) is 5.14. The van der Waals surface area contributed by atoms with Gasteiger partial charge in [-0.3, -0.25) is 0 Å². The molecule has 0 N–H and O–H groups in total. The van der Waals surface area contributed by atoms with Gasteiger partial charge in [-0.05, 0) is 92.3 Å². The first-order valence-electron chi connectivity index (χ1n) is 6.25. The summed E-state index contributed by atoms with van der Waals surface area (Å²) in [5, 5.41) is 0. The summed E-state index contributed by atoms with van der Waals surface area (Å²) in [7, 11) is 0. The molecule has 3 aliphatic rings. The van der Waals surface area contributed by atoms with Gasteiger partial charge in [-0.15, -0.1) is 11.3 Å². The summed E-state index contributed by atoms with van der Waals surface area (Å²) >= 11 is 13.0. The van der Waals surface area contributed by atoms with Crippen molar-refractivity contribution in [1.29, 1.82) is 0 Å². The minimum Gasteiger partial charge on any atom is -0.121 e. The van der Waals surface area contributed by atoms with Gasteiger partial charge >= 0.3 is 0 Å². The van der Waals surface area contributed by atoms with Gasteiger partial charge in [-0.25, -0.2) is 0 Å². The molecule has 4 heteroatoms. The van der Waals surface area contributed by atoms with Crippen LogP contribution in [0.4, 0.5) is 0 Å². The van der Waals surface area contributed by atoms with Crippen molar-refractivity contribution in [2.24, 2.45) is 29.6 Å². The number of alkyl halides is 1. The molecule has 0 aromatic carbocycles. The Bertz CT molecular complexity index is 453. The Morgan fingerprint density at radius 1 is 1.18 bits per heavy atom. The molecule has 4 rings (SSSR count). The van der Waals surface area contributed by atoms with E-state index in [2.05, 4.69) is 53.9 Å². The highest BCUT2D eigenvalue weighted by atomic mass is 79.9. The Morgan fingerprint density at radius 3 is 2.35 bits per heavy atom. The predicted molar refractivity (Wildman–Crippen MR) is 82.7 cm³/mol. The lowest BCUT2D eigenvalue weighted by molar-refractivity contribution is 0.456.